The third kappa shape index (κ3) is 3.02. The second-order valence-electron chi connectivity index (χ2n) is 7.32. The van der Waals surface area contributed by atoms with Crippen molar-refractivity contribution in [3.8, 4) is 11.5 Å². The molecule has 5 rings (SSSR count). The molecule has 1 aliphatic heterocycles. The number of benzene rings is 2. The molecule has 1 aliphatic carbocycles. The number of ether oxygens (including phenoxy) is 2. The summed E-state index contributed by atoms with van der Waals surface area (Å²) in [6.45, 7) is 3.18. The highest BCUT2D eigenvalue weighted by molar-refractivity contribution is 7.16. The molecule has 3 aromatic rings. The van der Waals surface area contributed by atoms with Crippen LogP contribution in [0, 0.1) is 0 Å². The first-order chi connectivity index (χ1) is 13.7. The van der Waals surface area contributed by atoms with E-state index in [1.807, 2.05) is 24.3 Å². The number of amides is 1. The van der Waals surface area contributed by atoms with Gasteiger partial charge in [-0.15, -0.1) is 0 Å². The highest BCUT2D eigenvalue weighted by Crippen LogP contribution is 2.37. The summed E-state index contributed by atoms with van der Waals surface area (Å²) in [5.41, 5.74) is 4.39. The summed E-state index contributed by atoms with van der Waals surface area (Å²) in [6.07, 6.45) is 5.56. The highest BCUT2D eigenvalue weighted by atomic mass is 32.1. The summed E-state index contributed by atoms with van der Waals surface area (Å²) < 4.78 is 14.2. The summed E-state index contributed by atoms with van der Waals surface area (Å²) in [6, 6.07) is 10.0. The molecular formula is C22H22N2O3S. The molecule has 2 aliphatic rings. The first-order valence-electron chi connectivity index (χ1n) is 9.87. The van der Waals surface area contributed by atoms with E-state index < -0.39 is 0 Å². The van der Waals surface area contributed by atoms with Crippen LogP contribution in [0.4, 0.5) is 0 Å². The quantitative estimate of drug-likeness (QED) is 0.659. The van der Waals surface area contributed by atoms with Crippen molar-refractivity contribution in [2.75, 3.05) is 6.79 Å². The van der Waals surface area contributed by atoms with Crippen molar-refractivity contribution in [2.24, 2.45) is 4.99 Å². The van der Waals surface area contributed by atoms with Crippen molar-refractivity contribution in [3.05, 3.63) is 51.8 Å². The molecule has 0 bridgehead atoms. The van der Waals surface area contributed by atoms with Crippen LogP contribution in [-0.2, 0) is 19.4 Å². The van der Waals surface area contributed by atoms with Crippen molar-refractivity contribution in [1.82, 2.24) is 4.57 Å². The molecule has 0 atom stereocenters. The number of carbonyl (C=O) groups is 1. The summed E-state index contributed by atoms with van der Waals surface area (Å²) in [5, 5.41) is 0. The predicted octanol–water partition coefficient (Wildman–Crippen LogP) is 4.46. The van der Waals surface area contributed by atoms with E-state index >= 15 is 0 Å². The van der Waals surface area contributed by atoms with Gasteiger partial charge in [-0.25, -0.2) is 0 Å². The van der Waals surface area contributed by atoms with E-state index in [1.165, 1.54) is 35.3 Å². The van der Waals surface area contributed by atoms with E-state index in [9.17, 15) is 4.79 Å². The molecule has 0 N–H and O–H groups in total. The van der Waals surface area contributed by atoms with Gasteiger partial charge in [-0.1, -0.05) is 24.3 Å². The lowest BCUT2D eigenvalue weighted by Gasteiger charge is -2.15. The van der Waals surface area contributed by atoms with Crippen molar-refractivity contribution in [3.63, 3.8) is 0 Å². The average molecular weight is 394 g/mol. The van der Waals surface area contributed by atoms with Gasteiger partial charge in [-0.2, -0.15) is 4.99 Å². The Kier molecular flexibility index (Phi) is 4.43. The number of aryl methyl sites for hydroxylation is 3. The van der Waals surface area contributed by atoms with Gasteiger partial charge >= 0.3 is 0 Å². The maximum atomic E-state index is 12.9. The van der Waals surface area contributed by atoms with Gasteiger partial charge in [0.2, 0.25) is 6.79 Å². The molecule has 28 heavy (non-hydrogen) atoms. The van der Waals surface area contributed by atoms with E-state index in [2.05, 4.69) is 22.5 Å². The molecule has 0 spiro atoms. The summed E-state index contributed by atoms with van der Waals surface area (Å²) in [4.78, 5) is 18.1. The van der Waals surface area contributed by atoms with Gasteiger partial charge in [0.15, 0.2) is 16.3 Å². The first-order valence-corrected chi connectivity index (χ1v) is 10.7. The predicted molar refractivity (Wildman–Crippen MR) is 109 cm³/mol. The largest absolute Gasteiger partial charge is 0.454 e. The molecule has 1 aromatic heterocycles. The van der Waals surface area contributed by atoms with Crippen LogP contribution in [0.25, 0.3) is 10.2 Å². The van der Waals surface area contributed by atoms with Crippen LogP contribution in [0.15, 0.2) is 35.3 Å². The molecule has 2 aromatic carbocycles. The molecule has 6 heteroatoms. The number of aromatic nitrogens is 1. The molecule has 0 radical (unpaired) electrons. The maximum Gasteiger partial charge on any atom is 0.279 e. The van der Waals surface area contributed by atoms with Crippen molar-refractivity contribution < 1.29 is 14.3 Å². The average Bonchev–Trinajstić information content (AvgIpc) is 3.30. The van der Waals surface area contributed by atoms with E-state index in [0.29, 0.717) is 5.56 Å². The van der Waals surface area contributed by atoms with Gasteiger partial charge in [0.05, 0.1) is 10.2 Å². The van der Waals surface area contributed by atoms with E-state index in [4.69, 9.17) is 9.47 Å². The Labute approximate surface area is 167 Å². The SMILES string of the molecule is CCCn1c(=NC(=O)c2ccc3c(c2)CCCC3)sc2cc3c(cc21)OCO3. The zero-order chi connectivity index (χ0) is 19.1. The molecule has 0 unspecified atom stereocenters. The molecule has 5 nitrogen and oxygen atoms in total. The van der Waals surface area contributed by atoms with Gasteiger partial charge in [0, 0.05) is 24.2 Å². The lowest BCUT2D eigenvalue weighted by Crippen LogP contribution is -2.17. The molecule has 144 valence electrons. The topological polar surface area (TPSA) is 52.8 Å². The van der Waals surface area contributed by atoms with E-state index in [1.54, 1.807) is 0 Å². The van der Waals surface area contributed by atoms with Crippen LogP contribution < -0.4 is 14.3 Å². The Morgan fingerprint density at radius 2 is 1.89 bits per heavy atom. The summed E-state index contributed by atoms with van der Waals surface area (Å²) in [5.74, 6) is 1.33. The minimum atomic E-state index is -0.176. The van der Waals surface area contributed by atoms with Crippen molar-refractivity contribution in [2.45, 2.75) is 45.6 Å². The maximum absolute atomic E-state index is 12.9. The van der Waals surface area contributed by atoms with Gasteiger partial charge in [-0.3, -0.25) is 4.79 Å². The standard InChI is InChI=1S/C22H22N2O3S/c1-2-9-24-17-11-18-19(27-13-26-18)12-20(17)28-22(24)23-21(25)16-8-7-14-5-3-4-6-15(14)10-16/h7-8,10-12H,2-6,9,13H2,1H3. The number of hydrogen-bond acceptors (Lipinski definition) is 4. The van der Waals surface area contributed by atoms with Gasteiger partial charge in [0.25, 0.3) is 5.91 Å². The number of rotatable bonds is 3. The fourth-order valence-electron chi connectivity index (χ4n) is 4.00. The number of thiazole rings is 1. The summed E-state index contributed by atoms with van der Waals surface area (Å²) in [7, 11) is 0. The second kappa shape index (κ2) is 7.09. The van der Waals surface area contributed by atoms with Crippen LogP contribution in [0.5, 0.6) is 11.5 Å². The Bertz CT molecular complexity index is 1140. The van der Waals surface area contributed by atoms with Crippen LogP contribution in [0.2, 0.25) is 0 Å². The molecule has 0 saturated carbocycles. The smallest absolute Gasteiger partial charge is 0.279 e. The van der Waals surface area contributed by atoms with E-state index in [-0.39, 0.29) is 12.7 Å². The number of hydrogen-bond donors (Lipinski definition) is 0. The van der Waals surface area contributed by atoms with Crippen LogP contribution in [-0.4, -0.2) is 17.3 Å². The van der Waals surface area contributed by atoms with Crippen molar-refractivity contribution >= 4 is 27.5 Å². The Morgan fingerprint density at radius 1 is 1.11 bits per heavy atom. The highest BCUT2D eigenvalue weighted by Gasteiger charge is 2.18. The third-order valence-corrected chi connectivity index (χ3v) is 6.46. The Morgan fingerprint density at radius 3 is 2.71 bits per heavy atom. The first kappa shape index (κ1) is 17.5. The fraction of sp³-hybridized carbons (Fsp3) is 0.364. The van der Waals surface area contributed by atoms with Crippen LogP contribution in [0.1, 0.15) is 47.7 Å². The number of carbonyl (C=O) groups excluding carboxylic acids is 1. The number of nitrogens with zero attached hydrogens (tertiary/aromatic N) is 2. The second-order valence-corrected chi connectivity index (χ2v) is 8.33. The number of fused-ring (bicyclic) bond motifs is 3. The summed E-state index contributed by atoms with van der Waals surface area (Å²) >= 11 is 1.52. The lowest BCUT2D eigenvalue weighted by atomic mass is 9.90. The zero-order valence-electron chi connectivity index (χ0n) is 15.9. The minimum Gasteiger partial charge on any atom is -0.454 e. The minimum absolute atomic E-state index is 0.176. The Hall–Kier alpha value is -2.60. The molecule has 1 amide bonds. The molecule has 0 fully saturated rings. The van der Waals surface area contributed by atoms with Gasteiger partial charge < -0.3 is 14.0 Å². The fourth-order valence-corrected chi connectivity index (χ4v) is 5.07. The zero-order valence-corrected chi connectivity index (χ0v) is 16.7. The van der Waals surface area contributed by atoms with E-state index in [0.717, 1.165) is 52.3 Å². The van der Waals surface area contributed by atoms with Crippen molar-refractivity contribution in [1.29, 1.82) is 0 Å². The third-order valence-electron chi connectivity index (χ3n) is 5.42. The monoisotopic (exact) mass is 394 g/mol. The van der Waals surface area contributed by atoms with Crippen LogP contribution >= 0.6 is 11.3 Å². The Balaban J connectivity index is 1.58. The van der Waals surface area contributed by atoms with Gasteiger partial charge in [0.1, 0.15) is 0 Å². The normalized spacial score (nSPS) is 15.8. The molecule has 0 saturated heterocycles. The lowest BCUT2D eigenvalue weighted by molar-refractivity contribution is 0.0997. The molecule has 2 heterocycles. The molecular weight excluding hydrogens is 372 g/mol. The van der Waals surface area contributed by atoms with Gasteiger partial charge in [-0.05, 0) is 55.4 Å². The van der Waals surface area contributed by atoms with Crippen LogP contribution in [0.3, 0.4) is 0 Å².